The summed E-state index contributed by atoms with van der Waals surface area (Å²) in [5, 5.41) is 3.38. The van der Waals surface area contributed by atoms with Crippen molar-refractivity contribution in [2.24, 2.45) is 0 Å². The minimum absolute atomic E-state index is 0.0184. The first-order valence-electron chi connectivity index (χ1n) is 8.58. The van der Waals surface area contributed by atoms with E-state index >= 15 is 0 Å². The van der Waals surface area contributed by atoms with Crippen molar-refractivity contribution >= 4 is 44.6 Å². The van der Waals surface area contributed by atoms with Crippen molar-refractivity contribution in [1.29, 1.82) is 0 Å². The Morgan fingerprint density at radius 3 is 2.59 bits per heavy atom. The predicted molar refractivity (Wildman–Crippen MR) is 107 cm³/mol. The minimum atomic E-state index is -3.40. The Balaban J connectivity index is 1.48. The number of unbranched alkanes of at least 4 members (excludes halogenated alkanes) is 1. The highest BCUT2D eigenvalue weighted by Crippen LogP contribution is 2.27. The zero-order valence-corrected chi connectivity index (χ0v) is 16.8. The van der Waals surface area contributed by atoms with Gasteiger partial charge in [0.1, 0.15) is 5.75 Å². The van der Waals surface area contributed by atoms with Crippen molar-refractivity contribution in [3.63, 3.8) is 0 Å². The highest BCUT2D eigenvalue weighted by atomic mass is 35.5. The molecule has 2 aromatic carbocycles. The molecule has 5 nitrogen and oxygen atoms in total. The third-order valence-electron chi connectivity index (χ3n) is 4.30. The molecule has 0 fully saturated rings. The van der Waals surface area contributed by atoms with Gasteiger partial charge in [-0.1, -0.05) is 23.2 Å². The van der Waals surface area contributed by atoms with Crippen molar-refractivity contribution in [3.05, 3.63) is 52.0 Å². The van der Waals surface area contributed by atoms with Gasteiger partial charge in [-0.05, 0) is 61.2 Å². The molecule has 0 radical (unpaired) electrons. The average molecular weight is 428 g/mol. The number of amides is 1. The number of benzene rings is 2. The second kappa shape index (κ2) is 8.50. The van der Waals surface area contributed by atoms with E-state index in [0.717, 1.165) is 17.0 Å². The van der Waals surface area contributed by atoms with Crippen LogP contribution in [0.3, 0.4) is 0 Å². The number of ether oxygens (including phenoxy) is 1. The standard InChI is InChI=1S/C19H19Cl2NO4S/c20-16-6-5-15(12-17(16)21)27(24,25)10-2-1-9-26-14-4-7-18-13(11-14)3-8-19(23)22-18/h4-7,11-12H,1-3,8-10H2,(H,22,23). The van der Waals surface area contributed by atoms with Crippen molar-refractivity contribution < 1.29 is 17.9 Å². The van der Waals surface area contributed by atoms with E-state index in [1.54, 1.807) is 6.07 Å². The fraction of sp³-hybridized carbons (Fsp3) is 0.316. The molecule has 8 heteroatoms. The maximum atomic E-state index is 12.3. The van der Waals surface area contributed by atoms with Crippen LogP contribution in [0.1, 0.15) is 24.8 Å². The van der Waals surface area contributed by atoms with Crippen LogP contribution in [0.15, 0.2) is 41.3 Å². The molecule has 0 aliphatic carbocycles. The Bertz CT molecular complexity index is 960. The number of rotatable bonds is 7. The molecule has 1 heterocycles. The van der Waals surface area contributed by atoms with Crippen LogP contribution in [0.5, 0.6) is 5.75 Å². The number of fused-ring (bicyclic) bond motifs is 1. The van der Waals surface area contributed by atoms with Crippen LogP contribution in [0.2, 0.25) is 10.0 Å². The maximum absolute atomic E-state index is 12.3. The largest absolute Gasteiger partial charge is 0.494 e. The third-order valence-corrected chi connectivity index (χ3v) is 6.84. The van der Waals surface area contributed by atoms with Gasteiger partial charge in [-0.25, -0.2) is 8.42 Å². The summed E-state index contributed by atoms with van der Waals surface area (Å²) in [6.45, 7) is 0.419. The molecule has 27 heavy (non-hydrogen) atoms. The lowest BCUT2D eigenvalue weighted by Crippen LogP contribution is -2.18. The van der Waals surface area contributed by atoms with Crippen LogP contribution in [0.25, 0.3) is 0 Å². The number of hydrogen-bond acceptors (Lipinski definition) is 4. The van der Waals surface area contributed by atoms with Gasteiger partial charge >= 0.3 is 0 Å². The molecule has 1 amide bonds. The van der Waals surface area contributed by atoms with Crippen molar-refractivity contribution in [1.82, 2.24) is 0 Å². The van der Waals surface area contributed by atoms with E-state index in [9.17, 15) is 13.2 Å². The zero-order valence-electron chi connectivity index (χ0n) is 14.5. The molecule has 1 N–H and O–H groups in total. The van der Waals surface area contributed by atoms with Gasteiger partial charge in [0, 0.05) is 12.1 Å². The summed E-state index contributed by atoms with van der Waals surface area (Å²) in [4.78, 5) is 11.5. The molecule has 3 rings (SSSR count). The van der Waals surface area contributed by atoms with Gasteiger partial charge in [-0.3, -0.25) is 4.79 Å². The number of hydrogen-bond donors (Lipinski definition) is 1. The lowest BCUT2D eigenvalue weighted by atomic mass is 10.0. The number of nitrogens with one attached hydrogen (secondary N) is 1. The molecule has 1 aliphatic heterocycles. The highest BCUT2D eigenvalue weighted by Gasteiger charge is 2.16. The Kier molecular flexibility index (Phi) is 6.29. The minimum Gasteiger partial charge on any atom is -0.494 e. The maximum Gasteiger partial charge on any atom is 0.224 e. The van der Waals surface area contributed by atoms with E-state index in [1.165, 1.54) is 18.2 Å². The summed E-state index contributed by atoms with van der Waals surface area (Å²) in [5.41, 5.74) is 1.88. The number of aryl methyl sites for hydroxylation is 1. The normalized spacial score (nSPS) is 13.8. The molecular weight excluding hydrogens is 409 g/mol. The molecule has 144 valence electrons. The molecule has 0 bridgehead atoms. The first kappa shape index (κ1) is 20.0. The number of carbonyl (C=O) groups excluding carboxylic acids is 1. The van der Waals surface area contributed by atoms with E-state index in [0.29, 0.717) is 37.3 Å². The van der Waals surface area contributed by atoms with Crippen molar-refractivity contribution in [3.8, 4) is 5.75 Å². The molecule has 0 saturated carbocycles. The van der Waals surface area contributed by atoms with Crippen LogP contribution in [-0.2, 0) is 21.1 Å². The Morgan fingerprint density at radius 2 is 1.81 bits per heavy atom. The van der Waals surface area contributed by atoms with Crippen LogP contribution in [0, 0.1) is 0 Å². The lowest BCUT2D eigenvalue weighted by molar-refractivity contribution is -0.116. The van der Waals surface area contributed by atoms with Crippen LogP contribution in [0.4, 0.5) is 5.69 Å². The number of anilines is 1. The van der Waals surface area contributed by atoms with Gasteiger partial charge in [-0.15, -0.1) is 0 Å². The molecular formula is C19H19Cl2NO4S. The van der Waals surface area contributed by atoms with E-state index in [-0.39, 0.29) is 21.6 Å². The number of halogens is 2. The summed E-state index contributed by atoms with van der Waals surface area (Å²) in [7, 11) is -3.40. The second-order valence-electron chi connectivity index (χ2n) is 6.32. The molecule has 0 atom stereocenters. The number of sulfone groups is 1. The van der Waals surface area contributed by atoms with Gasteiger partial charge in [0.05, 0.1) is 27.3 Å². The Morgan fingerprint density at radius 1 is 1.00 bits per heavy atom. The summed E-state index contributed by atoms with van der Waals surface area (Å²) >= 11 is 11.7. The Hall–Kier alpha value is -1.76. The van der Waals surface area contributed by atoms with Crippen LogP contribution in [-0.4, -0.2) is 26.7 Å². The quantitative estimate of drug-likeness (QED) is 0.659. The third kappa shape index (κ3) is 5.15. The SMILES string of the molecule is O=C1CCc2cc(OCCCCS(=O)(=O)c3ccc(Cl)c(Cl)c3)ccc2N1. The molecule has 1 aliphatic rings. The van der Waals surface area contributed by atoms with Crippen LogP contribution >= 0.6 is 23.2 Å². The first-order valence-corrected chi connectivity index (χ1v) is 11.0. The molecule has 0 saturated heterocycles. The van der Waals surface area contributed by atoms with E-state index in [1.807, 2.05) is 12.1 Å². The topological polar surface area (TPSA) is 72.5 Å². The summed E-state index contributed by atoms with van der Waals surface area (Å²) in [6.07, 6.45) is 2.25. The fourth-order valence-corrected chi connectivity index (χ4v) is 4.58. The van der Waals surface area contributed by atoms with Gasteiger partial charge in [0.15, 0.2) is 9.84 Å². The molecule has 0 aromatic heterocycles. The molecule has 2 aromatic rings. The lowest BCUT2D eigenvalue weighted by Gasteiger charge is -2.17. The summed E-state index contributed by atoms with van der Waals surface area (Å²) < 4.78 is 30.4. The smallest absolute Gasteiger partial charge is 0.224 e. The van der Waals surface area contributed by atoms with E-state index < -0.39 is 9.84 Å². The van der Waals surface area contributed by atoms with E-state index in [2.05, 4.69) is 5.32 Å². The monoisotopic (exact) mass is 427 g/mol. The first-order chi connectivity index (χ1) is 12.8. The van der Waals surface area contributed by atoms with Gasteiger partial charge in [-0.2, -0.15) is 0 Å². The van der Waals surface area contributed by atoms with E-state index in [4.69, 9.17) is 27.9 Å². The molecule has 0 spiro atoms. The highest BCUT2D eigenvalue weighted by molar-refractivity contribution is 7.91. The van der Waals surface area contributed by atoms with Gasteiger partial charge in [0.25, 0.3) is 0 Å². The second-order valence-corrected chi connectivity index (χ2v) is 9.24. The Labute approximate surface area is 168 Å². The van der Waals surface area contributed by atoms with Gasteiger partial charge in [0.2, 0.25) is 5.91 Å². The van der Waals surface area contributed by atoms with Crippen molar-refractivity contribution in [2.75, 3.05) is 17.7 Å². The fourth-order valence-electron chi connectivity index (χ4n) is 2.82. The van der Waals surface area contributed by atoms with Crippen LogP contribution < -0.4 is 10.1 Å². The van der Waals surface area contributed by atoms with Crippen molar-refractivity contribution in [2.45, 2.75) is 30.6 Å². The predicted octanol–water partition coefficient (Wildman–Crippen LogP) is 4.51. The average Bonchev–Trinajstić information content (AvgIpc) is 2.63. The molecule has 0 unspecified atom stereocenters. The summed E-state index contributed by atoms with van der Waals surface area (Å²) in [5.74, 6) is 0.765. The van der Waals surface area contributed by atoms with Gasteiger partial charge < -0.3 is 10.1 Å². The zero-order chi connectivity index (χ0) is 19.4. The number of carbonyl (C=O) groups is 1. The summed E-state index contributed by atoms with van der Waals surface area (Å²) in [6, 6.07) is 9.88.